The van der Waals surface area contributed by atoms with Crippen LogP contribution in [0.4, 0.5) is 0 Å². The molecule has 1 fully saturated rings. The molecular formula is C25H26N2O6. The number of hydrogen-bond donors (Lipinski definition) is 3. The van der Waals surface area contributed by atoms with Crippen molar-refractivity contribution in [3.63, 3.8) is 0 Å². The number of benzene rings is 2. The van der Waals surface area contributed by atoms with Gasteiger partial charge in [0.25, 0.3) is 11.8 Å². The Morgan fingerprint density at radius 1 is 0.879 bits per heavy atom. The van der Waals surface area contributed by atoms with Crippen LogP contribution < -0.4 is 15.4 Å². The first-order valence-electron chi connectivity index (χ1n) is 11.0. The summed E-state index contributed by atoms with van der Waals surface area (Å²) in [4.78, 5) is 35.7. The van der Waals surface area contributed by atoms with Crippen LogP contribution in [0.2, 0.25) is 0 Å². The van der Waals surface area contributed by atoms with Crippen molar-refractivity contribution < 1.29 is 28.6 Å². The summed E-state index contributed by atoms with van der Waals surface area (Å²) in [5, 5.41) is 15.5. The second-order valence-electron chi connectivity index (χ2n) is 8.14. The summed E-state index contributed by atoms with van der Waals surface area (Å²) in [7, 11) is 0. The maximum absolute atomic E-state index is 12.3. The van der Waals surface area contributed by atoms with Gasteiger partial charge >= 0.3 is 5.97 Å². The van der Waals surface area contributed by atoms with Crippen LogP contribution in [-0.4, -0.2) is 42.1 Å². The van der Waals surface area contributed by atoms with Crippen molar-refractivity contribution in [2.45, 2.75) is 31.8 Å². The number of fused-ring (bicyclic) bond motifs is 1. The van der Waals surface area contributed by atoms with E-state index in [1.165, 1.54) is 0 Å². The van der Waals surface area contributed by atoms with Gasteiger partial charge in [-0.1, -0.05) is 0 Å². The number of carbonyl (C=O) groups is 3. The van der Waals surface area contributed by atoms with E-state index < -0.39 is 5.97 Å². The molecule has 0 spiro atoms. The third kappa shape index (κ3) is 5.71. The summed E-state index contributed by atoms with van der Waals surface area (Å²) >= 11 is 0. The van der Waals surface area contributed by atoms with Crippen molar-refractivity contribution in [3.8, 4) is 5.75 Å². The van der Waals surface area contributed by atoms with Crippen molar-refractivity contribution in [1.29, 1.82) is 0 Å². The number of aliphatic carboxylic acids is 1. The summed E-state index contributed by atoms with van der Waals surface area (Å²) in [5.41, 5.74) is 1.75. The third-order valence-electron chi connectivity index (χ3n) is 5.85. The molecule has 2 aromatic carbocycles. The maximum Gasteiger partial charge on any atom is 0.306 e. The lowest BCUT2D eigenvalue weighted by Crippen LogP contribution is -2.34. The maximum atomic E-state index is 12.3. The average Bonchev–Trinajstić information content (AvgIpc) is 3.30. The minimum atomic E-state index is -0.737. The van der Waals surface area contributed by atoms with E-state index in [0.717, 1.165) is 11.0 Å². The molecule has 0 unspecified atom stereocenters. The molecule has 2 amide bonds. The van der Waals surface area contributed by atoms with E-state index in [9.17, 15) is 14.4 Å². The molecule has 0 radical (unpaired) electrons. The van der Waals surface area contributed by atoms with E-state index in [1.807, 2.05) is 0 Å². The van der Waals surface area contributed by atoms with Crippen LogP contribution in [-0.2, 0) is 4.79 Å². The van der Waals surface area contributed by atoms with Crippen LogP contribution >= 0.6 is 0 Å². The Labute approximate surface area is 190 Å². The smallest absolute Gasteiger partial charge is 0.306 e. The molecule has 8 heteroatoms. The van der Waals surface area contributed by atoms with Crippen molar-refractivity contribution in [1.82, 2.24) is 10.6 Å². The topological polar surface area (TPSA) is 118 Å². The van der Waals surface area contributed by atoms with Crippen molar-refractivity contribution in [3.05, 3.63) is 65.9 Å². The molecule has 1 aliphatic carbocycles. The molecule has 8 nitrogen and oxygen atoms in total. The number of furan rings is 1. The zero-order valence-corrected chi connectivity index (χ0v) is 18.1. The highest BCUT2D eigenvalue weighted by Gasteiger charge is 2.26. The van der Waals surface area contributed by atoms with Crippen LogP contribution in [0.25, 0.3) is 11.0 Å². The van der Waals surface area contributed by atoms with Gasteiger partial charge in [0.2, 0.25) is 0 Å². The molecule has 33 heavy (non-hydrogen) atoms. The quantitative estimate of drug-likeness (QED) is 0.451. The highest BCUT2D eigenvalue weighted by molar-refractivity contribution is 5.98. The molecule has 0 aliphatic heterocycles. The fraction of sp³-hybridized carbons (Fsp3) is 0.320. The Hall–Kier alpha value is -3.81. The van der Waals surface area contributed by atoms with Gasteiger partial charge in [0.1, 0.15) is 11.3 Å². The lowest BCUT2D eigenvalue weighted by atomic mass is 9.87. The van der Waals surface area contributed by atoms with Gasteiger partial charge < -0.3 is 24.9 Å². The lowest BCUT2D eigenvalue weighted by Gasteiger charge is -2.26. The molecule has 3 aromatic rings. The van der Waals surface area contributed by atoms with E-state index >= 15 is 0 Å². The van der Waals surface area contributed by atoms with Crippen LogP contribution in [0.15, 0.2) is 59.2 Å². The molecular weight excluding hydrogens is 424 g/mol. The van der Waals surface area contributed by atoms with Gasteiger partial charge in [0, 0.05) is 29.6 Å². The summed E-state index contributed by atoms with van der Waals surface area (Å²) in [6.07, 6.45) is 4.23. The summed E-state index contributed by atoms with van der Waals surface area (Å²) in [6, 6.07) is 13.9. The highest BCUT2D eigenvalue weighted by atomic mass is 16.5. The number of hydrogen-bond acceptors (Lipinski definition) is 5. The van der Waals surface area contributed by atoms with Crippen molar-refractivity contribution in [2.24, 2.45) is 5.92 Å². The minimum Gasteiger partial charge on any atom is -0.490 e. The first-order valence-corrected chi connectivity index (χ1v) is 11.0. The number of nitrogens with one attached hydrogen (secondary N) is 2. The summed E-state index contributed by atoms with van der Waals surface area (Å²) in [5.74, 6) is -0.809. The lowest BCUT2D eigenvalue weighted by molar-refractivity contribution is -0.143. The fourth-order valence-electron chi connectivity index (χ4n) is 3.97. The van der Waals surface area contributed by atoms with Crippen LogP contribution in [0.1, 0.15) is 46.4 Å². The predicted molar refractivity (Wildman–Crippen MR) is 121 cm³/mol. The zero-order valence-electron chi connectivity index (χ0n) is 18.1. The zero-order chi connectivity index (χ0) is 23.2. The van der Waals surface area contributed by atoms with Crippen molar-refractivity contribution >= 4 is 28.8 Å². The van der Waals surface area contributed by atoms with Crippen LogP contribution in [0.3, 0.4) is 0 Å². The first-order chi connectivity index (χ1) is 16.0. The predicted octanol–water partition coefficient (Wildman–Crippen LogP) is 3.61. The Bertz CT molecular complexity index is 1130. The van der Waals surface area contributed by atoms with Gasteiger partial charge in [-0.2, -0.15) is 0 Å². The molecule has 0 saturated heterocycles. The molecule has 1 saturated carbocycles. The first kappa shape index (κ1) is 22.4. The Kier molecular flexibility index (Phi) is 6.92. The number of carboxylic acid groups (broad SMARTS) is 1. The molecule has 1 aromatic heterocycles. The summed E-state index contributed by atoms with van der Waals surface area (Å²) < 4.78 is 11.2. The Balaban J connectivity index is 1.19. The van der Waals surface area contributed by atoms with Gasteiger partial charge in [-0.15, -0.1) is 0 Å². The van der Waals surface area contributed by atoms with Gasteiger partial charge in [0.05, 0.1) is 18.3 Å². The van der Waals surface area contributed by atoms with Crippen molar-refractivity contribution in [2.75, 3.05) is 13.1 Å². The van der Waals surface area contributed by atoms with E-state index in [2.05, 4.69) is 10.6 Å². The third-order valence-corrected chi connectivity index (χ3v) is 5.85. The fourth-order valence-corrected chi connectivity index (χ4v) is 3.97. The molecule has 172 valence electrons. The average molecular weight is 450 g/mol. The molecule has 3 N–H and O–H groups in total. The van der Waals surface area contributed by atoms with Gasteiger partial charge in [-0.25, -0.2) is 0 Å². The van der Waals surface area contributed by atoms with Crippen LogP contribution in [0, 0.1) is 5.92 Å². The van der Waals surface area contributed by atoms with Crippen LogP contribution in [0.5, 0.6) is 5.75 Å². The number of rotatable bonds is 8. The number of ether oxygens (including phenoxy) is 1. The molecule has 1 heterocycles. The Morgan fingerprint density at radius 2 is 1.52 bits per heavy atom. The van der Waals surface area contributed by atoms with E-state index in [-0.39, 0.29) is 23.8 Å². The van der Waals surface area contributed by atoms with E-state index in [0.29, 0.717) is 55.6 Å². The number of carboxylic acids is 1. The minimum absolute atomic E-state index is 0.00175. The summed E-state index contributed by atoms with van der Waals surface area (Å²) in [6.45, 7) is 0.595. The van der Waals surface area contributed by atoms with Gasteiger partial charge in [-0.3, -0.25) is 14.4 Å². The van der Waals surface area contributed by atoms with E-state index in [4.69, 9.17) is 14.3 Å². The standard InChI is InChI=1S/C25H26N2O6/c28-23(26-12-13-27-24(29)19-5-10-22-18(15-19)11-14-32-22)16-1-6-20(7-2-16)33-21-8-3-17(4-9-21)25(30)31/h1-2,5-7,10-11,14-15,17,21H,3-4,8-9,12-13H2,(H,26,28)(H,27,29)(H,30,31)/t17-,21+. The van der Waals surface area contributed by atoms with E-state index in [1.54, 1.807) is 54.8 Å². The Morgan fingerprint density at radius 3 is 2.18 bits per heavy atom. The van der Waals surface area contributed by atoms with Gasteiger partial charge in [-0.05, 0) is 74.2 Å². The normalized spacial score (nSPS) is 17.9. The second-order valence-corrected chi connectivity index (χ2v) is 8.14. The monoisotopic (exact) mass is 450 g/mol. The number of carbonyl (C=O) groups excluding carboxylic acids is 2. The second kappa shape index (κ2) is 10.2. The SMILES string of the molecule is O=C(NCCNC(=O)c1ccc2occc2c1)c1ccc(O[C@H]2CC[C@@H](C(=O)O)CC2)cc1. The molecule has 0 atom stereocenters. The highest BCUT2D eigenvalue weighted by Crippen LogP contribution is 2.28. The number of amides is 2. The molecule has 1 aliphatic rings. The molecule has 4 rings (SSSR count). The molecule has 0 bridgehead atoms. The largest absolute Gasteiger partial charge is 0.490 e. The van der Waals surface area contributed by atoms with Gasteiger partial charge in [0.15, 0.2) is 0 Å².